The van der Waals surface area contributed by atoms with Gasteiger partial charge in [0.2, 0.25) is 14.8 Å². The average molecular weight is 600 g/mol. The van der Waals surface area contributed by atoms with Gasteiger partial charge in [-0.2, -0.15) is 0 Å². The fourth-order valence-electron chi connectivity index (χ4n) is 3.81. The van der Waals surface area contributed by atoms with Crippen molar-refractivity contribution < 1.29 is 23.9 Å². The molecule has 194 valence electrons. The number of alkyl halides is 3. The number of carbonyl (C=O) groups excluding carboxylic acids is 4. The summed E-state index contributed by atoms with van der Waals surface area (Å²) < 4.78 is 3.36. The van der Waals surface area contributed by atoms with E-state index in [1.807, 2.05) is 36.4 Å². The number of esters is 1. The number of ether oxygens (including phenoxy) is 1. The molecule has 2 aliphatic heterocycles. The van der Waals surface area contributed by atoms with Crippen LogP contribution in [0.1, 0.15) is 15.9 Å². The van der Waals surface area contributed by atoms with Gasteiger partial charge >= 0.3 is 5.97 Å². The van der Waals surface area contributed by atoms with E-state index in [1.165, 1.54) is 16.7 Å². The van der Waals surface area contributed by atoms with E-state index >= 15 is 0 Å². The summed E-state index contributed by atoms with van der Waals surface area (Å²) in [7, 11) is 0. The fourth-order valence-corrected chi connectivity index (χ4v) is 6.30. The number of fused-ring (bicyclic) bond motifs is 1. The topological polar surface area (TPSA) is 92.8 Å². The fraction of sp³-hybridized carbons (Fsp3) is 0.280. The first-order chi connectivity index (χ1) is 17.6. The van der Waals surface area contributed by atoms with Crippen molar-refractivity contribution in [2.24, 2.45) is 0 Å². The second-order valence-electron chi connectivity index (χ2n) is 8.20. The molecule has 1 fully saturated rings. The second-order valence-corrected chi connectivity index (χ2v) is 12.8. The maximum atomic E-state index is 13.1. The molecule has 4 rings (SSSR count). The zero-order valence-electron chi connectivity index (χ0n) is 19.2. The van der Waals surface area contributed by atoms with E-state index in [9.17, 15) is 19.2 Å². The Morgan fingerprint density at radius 3 is 2.35 bits per heavy atom. The van der Waals surface area contributed by atoms with Crippen molar-refractivity contribution >= 4 is 81.2 Å². The predicted molar refractivity (Wildman–Crippen MR) is 147 cm³/mol. The van der Waals surface area contributed by atoms with E-state index in [0.29, 0.717) is 16.9 Å². The van der Waals surface area contributed by atoms with Crippen LogP contribution in [-0.4, -0.2) is 61.1 Å². The molecule has 7 nitrogen and oxygen atoms in total. The lowest BCUT2D eigenvalue weighted by Gasteiger charge is -2.49. The number of carbonyl (C=O) groups is 4. The number of thioether (sulfide) groups is 2. The number of benzene rings is 2. The van der Waals surface area contributed by atoms with Crippen LogP contribution in [0.3, 0.4) is 0 Å². The van der Waals surface area contributed by atoms with Gasteiger partial charge in [-0.1, -0.05) is 107 Å². The highest BCUT2D eigenvalue weighted by atomic mass is 35.6. The lowest BCUT2D eigenvalue weighted by molar-refractivity contribution is -0.152. The van der Waals surface area contributed by atoms with Crippen LogP contribution < -0.4 is 5.32 Å². The number of nitrogens with one attached hydrogen (secondary N) is 1. The second kappa shape index (κ2) is 12.1. The Balaban J connectivity index is 1.49. The van der Waals surface area contributed by atoms with Crippen LogP contribution in [0.25, 0.3) is 0 Å². The largest absolute Gasteiger partial charge is 0.456 e. The smallest absolute Gasteiger partial charge is 0.355 e. The molecule has 0 unspecified atom stereocenters. The maximum Gasteiger partial charge on any atom is 0.355 e. The molecule has 0 aliphatic carbocycles. The number of hydrogen-bond donors (Lipinski definition) is 1. The number of nitrogens with zero attached hydrogens (tertiary/aromatic N) is 1. The van der Waals surface area contributed by atoms with Gasteiger partial charge < -0.3 is 10.1 Å². The Kier molecular flexibility index (Phi) is 9.13. The van der Waals surface area contributed by atoms with Gasteiger partial charge in [-0.05, 0) is 11.1 Å². The highest BCUT2D eigenvalue weighted by molar-refractivity contribution is 8.14. The van der Waals surface area contributed by atoms with Crippen molar-refractivity contribution in [1.82, 2.24) is 10.2 Å². The van der Waals surface area contributed by atoms with Crippen molar-refractivity contribution in [2.45, 2.75) is 21.6 Å². The summed E-state index contributed by atoms with van der Waals surface area (Å²) in [5, 5.41) is 2.10. The molecule has 1 N–H and O–H groups in total. The molecule has 1 saturated heterocycles. The first-order valence-corrected chi connectivity index (χ1v) is 14.3. The zero-order chi connectivity index (χ0) is 26.6. The number of halogens is 3. The van der Waals surface area contributed by atoms with Crippen LogP contribution in [0.4, 0.5) is 0 Å². The summed E-state index contributed by atoms with van der Waals surface area (Å²) in [6, 6.07) is 17.1. The third kappa shape index (κ3) is 7.03. The minimum atomic E-state index is -1.83. The summed E-state index contributed by atoms with van der Waals surface area (Å²) in [5.74, 6) is -1.06. The third-order valence-corrected chi connectivity index (χ3v) is 8.18. The van der Waals surface area contributed by atoms with E-state index in [0.717, 1.165) is 17.3 Å². The summed E-state index contributed by atoms with van der Waals surface area (Å²) in [6.07, 6.45) is 0.124. The molecule has 2 heterocycles. The molecule has 2 aliphatic rings. The molecule has 2 aromatic rings. The Bertz CT molecular complexity index is 1220. The van der Waals surface area contributed by atoms with Crippen molar-refractivity contribution in [1.29, 1.82) is 0 Å². The number of amides is 2. The van der Waals surface area contributed by atoms with Crippen molar-refractivity contribution in [3.63, 3.8) is 0 Å². The normalized spacial score (nSPS) is 19.1. The summed E-state index contributed by atoms with van der Waals surface area (Å²) in [6.45, 7) is -0.513. The highest BCUT2D eigenvalue weighted by Gasteiger charge is 2.54. The van der Waals surface area contributed by atoms with E-state index in [4.69, 9.17) is 39.5 Å². The minimum Gasteiger partial charge on any atom is -0.456 e. The third-order valence-electron chi connectivity index (χ3n) is 5.52. The van der Waals surface area contributed by atoms with Crippen LogP contribution in [-0.2, 0) is 25.5 Å². The van der Waals surface area contributed by atoms with Crippen LogP contribution in [0, 0.1) is 0 Å². The number of rotatable bonds is 8. The zero-order valence-corrected chi connectivity index (χ0v) is 23.1. The first-order valence-electron chi connectivity index (χ1n) is 11.1. The van der Waals surface area contributed by atoms with Gasteiger partial charge in [0.05, 0.1) is 6.42 Å². The molecule has 0 saturated carbocycles. The standard InChI is InChI=1S/C25H21Cl3N2O5S2/c26-25(27,28)14-35-23(33)20-17(13-37-24(34)16-9-5-2-6-10-16)12-36-22-19(21(32)30(20)22)29-18(31)11-15-7-3-1-4-8-15/h1-10,19,22H,11-14H2,(H,29,31)/t19-,22+/m1/s1. The summed E-state index contributed by atoms with van der Waals surface area (Å²) in [4.78, 5) is 52.6. The number of β-lactam (4-membered cyclic amide) rings is 1. The van der Waals surface area contributed by atoms with Gasteiger partial charge in [0.25, 0.3) is 5.91 Å². The highest BCUT2D eigenvalue weighted by Crippen LogP contribution is 2.42. The molecule has 12 heteroatoms. The Labute approximate surface area is 237 Å². The lowest BCUT2D eigenvalue weighted by Crippen LogP contribution is -2.70. The van der Waals surface area contributed by atoms with Gasteiger partial charge in [0.1, 0.15) is 23.7 Å². The van der Waals surface area contributed by atoms with E-state index in [1.54, 1.807) is 24.3 Å². The quantitative estimate of drug-likeness (QED) is 0.274. The molecule has 0 bridgehead atoms. The van der Waals surface area contributed by atoms with Gasteiger partial charge in [0.15, 0.2) is 0 Å². The Morgan fingerprint density at radius 2 is 1.70 bits per heavy atom. The average Bonchev–Trinajstić information content (AvgIpc) is 2.89. The van der Waals surface area contributed by atoms with Crippen LogP contribution >= 0.6 is 58.3 Å². The van der Waals surface area contributed by atoms with Crippen molar-refractivity contribution in [2.75, 3.05) is 18.1 Å². The molecule has 0 radical (unpaired) electrons. The van der Waals surface area contributed by atoms with Crippen LogP contribution in [0.5, 0.6) is 0 Å². The van der Waals surface area contributed by atoms with Gasteiger partial charge in [-0.25, -0.2) is 4.79 Å². The molecule has 0 aromatic heterocycles. The molecular weight excluding hydrogens is 579 g/mol. The summed E-state index contributed by atoms with van der Waals surface area (Å²) in [5.41, 5.74) is 1.91. The molecule has 37 heavy (non-hydrogen) atoms. The lowest BCUT2D eigenvalue weighted by atomic mass is 10.0. The maximum absolute atomic E-state index is 13.1. The Hall–Kier alpha value is -2.17. The van der Waals surface area contributed by atoms with Gasteiger partial charge in [0, 0.05) is 17.1 Å². The predicted octanol–water partition coefficient (Wildman–Crippen LogP) is 4.37. The van der Waals surface area contributed by atoms with Crippen molar-refractivity contribution in [3.8, 4) is 0 Å². The van der Waals surface area contributed by atoms with Gasteiger partial charge in [-0.15, -0.1) is 11.8 Å². The SMILES string of the molecule is O=C(Cc1ccccc1)N[C@@H]1C(=O)N2C(C(=O)OCC(Cl)(Cl)Cl)=C(CSC(=O)c3ccccc3)CS[C@@H]12. The molecule has 2 amide bonds. The van der Waals surface area contributed by atoms with Crippen LogP contribution in [0.15, 0.2) is 71.9 Å². The molecule has 2 atom stereocenters. The molecule has 0 spiro atoms. The first kappa shape index (κ1) is 27.9. The van der Waals surface area contributed by atoms with E-state index in [-0.39, 0.29) is 28.9 Å². The van der Waals surface area contributed by atoms with Crippen molar-refractivity contribution in [3.05, 3.63) is 83.1 Å². The van der Waals surface area contributed by atoms with Gasteiger partial charge in [-0.3, -0.25) is 19.3 Å². The van der Waals surface area contributed by atoms with Crippen LogP contribution in [0.2, 0.25) is 0 Å². The summed E-state index contributed by atoms with van der Waals surface area (Å²) >= 11 is 19.6. The molecular formula is C25H21Cl3N2O5S2. The minimum absolute atomic E-state index is 0.0184. The van der Waals surface area contributed by atoms with E-state index in [2.05, 4.69) is 5.32 Å². The molecule has 2 aromatic carbocycles. The van der Waals surface area contributed by atoms with E-state index < -0.39 is 33.7 Å². The number of hydrogen-bond acceptors (Lipinski definition) is 7. The monoisotopic (exact) mass is 598 g/mol. The Morgan fingerprint density at radius 1 is 1.05 bits per heavy atom.